The molecule has 6 aromatic rings. The summed E-state index contributed by atoms with van der Waals surface area (Å²) in [6.45, 7) is 0. The third-order valence-electron chi connectivity index (χ3n) is 6.93. The monoisotopic (exact) mass is 568 g/mol. The quantitative estimate of drug-likeness (QED) is 0.103. The van der Waals surface area contributed by atoms with Gasteiger partial charge in [-0.1, -0.05) is 140 Å². The van der Waals surface area contributed by atoms with Crippen LogP contribution < -0.4 is 34.3 Å². The molecule has 200 valence electrons. The van der Waals surface area contributed by atoms with Crippen molar-refractivity contribution in [2.45, 2.75) is 0 Å². The molecule has 6 aromatic carbocycles. The summed E-state index contributed by atoms with van der Waals surface area (Å²) in [7, 11) is -4.34. The van der Waals surface area contributed by atoms with E-state index >= 15 is 0 Å². The Morgan fingerprint density at radius 1 is 0.293 bits per heavy atom. The van der Waals surface area contributed by atoms with Gasteiger partial charge in [0.15, 0.2) is 8.07 Å². The summed E-state index contributed by atoms with van der Waals surface area (Å²) in [6.07, 6.45) is 0. The molecule has 0 aromatic heterocycles. The van der Waals surface area contributed by atoms with Crippen LogP contribution in [-0.4, -0.2) is 8.07 Å². The first-order valence-corrected chi connectivity index (χ1v) is 16.6. The van der Waals surface area contributed by atoms with Crippen LogP contribution in [0, 0.1) is 0 Å². The molecule has 41 heavy (non-hydrogen) atoms. The Hall–Kier alpha value is -4.63. The maximum atomic E-state index is 6.34. The molecule has 3 nitrogen and oxygen atoms in total. The predicted molar refractivity (Wildman–Crippen MR) is 172 cm³/mol. The van der Waals surface area contributed by atoms with Crippen LogP contribution in [0.25, 0.3) is 0 Å². The van der Waals surface area contributed by atoms with Crippen LogP contribution in [0.4, 0.5) is 0 Å². The first kappa shape index (κ1) is 26.6. The van der Waals surface area contributed by atoms with Gasteiger partial charge < -0.3 is 13.6 Å². The average Bonchev–Trinajstić information content (AvgIpc) is 3.05. The van der Waals surface area contributed by atoms with Crippen LogP contribution in [0.5, 0.6) is 17.2 Å². The van der Waals surface area contributed by atoms with Gasteiger partial charge in [0.2, 0.25) is 0 Å². The molecule has 0 N–H and O–H groups in total. The Bertz CT molecular complexity index is 1500. The van der Waals surface area contributed by atoms with E-state index in [0.717, 1.165) is 0 Å². The van der Waals surface area contributed by atoms with Crippen molar-refractivity contribution in [2.75, 3.05) is 0 Å². The van der Waals surface area contributed by atoms with E-state index in [4.69, 9.17) is 13.6 Å². The summed E-state index contributed by atoms with van der Waals surface area (Å²) in [5.74, 6) is 2.06. The lowest BCUT2D eigenvalue weighted by molar-refractivity contribution is 0.388. The van der Waals surface area contributed by atoms with Crippen LogP contribution >= 0.6 is 8.60 Å². The molecule has 0 amide bonds. The van der Waals surface area contributed by atoms with Crippen LogP contribution in [-0.2, 0) is 0 Å². The van der Waals surface area contributed by atoms with Gasteiger partial charge in [0.05, 0.1) is 0 Å². The van der Waals surface area contributed by atoms with E-state index in [-0.39, 0.29) is 0 Å². The van der Waals surface area contributed by atoms with E-state index in [2.05, 4.69) is 103 Å². The Morgan fingerprint density at radius 2 is 0.561 bits per heavy atom. The van der Waals surface area contributed by atoms with Gasteiger partial charge in [-0.05, 0) is 57.1 Å². The Labute approximate surface area is 243 Å². The fourth-order valence-corrected chi connectivity index (χ4v) is 10.8. The molecule has 0 aliphatic rings. The van der Waals surface area contributed by atoms with Gasteiger partial charge in [0.1, 0.15) is 17.2 Å². The first-order valence-electron chi connectivity index (χ1n) is 13.5. The minimum Gasteiger partial charge on any atom is -0.409 e. The maximum absolute atomic E-state index is 6.34. The van der Waals surface area contributed by atoms with E-state index in [1.54, 1.807) is 0 Å². The molecule has 0 radical (unpaired) electrons. The fraction of sp³-hybridized carbons (Fsp3) is 0. The standard InChI is InChI=1S/C36H29O3PSi/c1-6-16-30(17-7-1)37-40(38-31-18-8-2-9-19-31)39-32-26-28-36(29-27-32)41(33-20-10-3-11-21-33,34-22-12-4-13-23-34)35-24-14-5-15-25-35/h1-29H. The average molecular weight is 569 g/mol. The Kier molecular flexibility index (Phi) is 8.23. The predicted octanol–water partition coefficient (Wildman–Crippen LogP) is 6.83. The van der Waals surface area contributed by atoms with Crippen molar-refractivity contribution in [3.05, 3.63) is 176 Å². The third kappa shape index (κ3) is 5.95. The molecule has 0 spiro atoms. The van der Waals surface area contributed by atoms with Gasteiger partial charge in [-0.3, -0.25) is 0 Å². The highest BCUT2D eigenvalue weighted by Crippen LogP contribution is 2.42. The molecule has 0 saturated heterocycles. The molecule has 0 aliphatic carbocycles. The van der Waals surface area contributed by atoms with E-state index in [1.165, 1.54) is 20.7 Å². The molecular weight excluding hydrogens is 539 g/mol. The van der Waals surface area contributed by atoms with Crippen LogP contribution in [0.1, 0.15) is 0 Å². The van der Waals surface area contributed by atoms with Crippen molar-refractivity contribution in [2.24, 2.45) is 0 Å². The lowest BCUT2D eigenvalue weighted by Crippen LogP contribution is -2.74. The molecule has 0 atom stereocenters. The van der Waals surface area contributed by atoms with Crippen LogP contribution in [0.2, 0.25) is 0 Å². The summed E-state index contributed by atoms with van der Waals surface area (Å²) >= 11 is 0. The van der Waals surface area contributed by atoms with Gasteiger partial charge in [0.25, 0.3) is 0 Å². The van der Waals surface area contributed by atoms with E-state index in [1.807, 2.05) is 72.8 Å². The molecule has 0 aliphatic heterocycles. The molecule has 0 unspecified atom stereocenters. The maximum Gasteiger partial charge on any atom is 0.530 e. The van der Waals surface area contributed by atoms with Crippen molar-refractivity contribution < 1.29 is 13.6 Å². The summed E-state index contributed by atoms with van der Waals surface area (Å²) < 4.78 is 18.7. The number of hydrogen-bond donors (Lipinski definition) is 0. The first-order chi connectivity index (χ1) is 20.3. The lowest BCUT2D eigenvalue weighted by Gasteiger charge is -2.34. The second-order valence-corrected chi connectivity index (χ2v) is 14.3. The van der Waals surface area contributed by atoms with Crippen molar-refractivity contribution in [1.29, 1.82) is 0 Å². The minimum absolute atomic E-state index is 0.684. The Balaban J connectivity index is 1.39. The highest BCUT2D eigenvalue weighted by atomic mass is 31.2. The fourth-order valence-electron chi connectivity index (χ4n) is 5.11. The summed E-state index contributed by atoms with van der Waals surface area (Å²) in [5, 5.41) is 5.25. The van der Waals surface area contributed by atoms with E-state index in [9.17, 15) is 0 Å². The smallest absolute Gasteiger partial charge is 0.409 e. The topological polar surface area (TPSA) is 27.7 Å². The highest BCUT2D eigenvalue weighted by molar-refractivity contribution is 7.43. The van der Waals surface area contributed by atoms with Crippen LogP contribution in [0.3, 0.4) is 0 Å². The molecule has 0 saturated carbocycles. The van der Waals surface area contributed by atoms with Gasteiger partial charge in [-0.15, -0.1) is 0 Å². The summed E-state index contributed by atoms with van der Waals surface area (Å²) in [4.78, 5) is 0. The van der Waals surface area contributed by atoms with E-state index < -0.39 is 16.7 Å². The van der Waals surface area contributed by atoms with E-state index in [0.29, 0.717) is 17.2 Å². The van der Waals surface area contributed by atoms with Crippen molar-refractivity contribution in [3.8, 4) is 17.2 Å². The molecule has 0 fully saturated rings. The highest BCUT2D eigenvalue weighted by Gasteiger charge is 2.41. The molecule has 0 bridgehead atoms. The Morgan fingerprint density at radius 3 is 0.902 bits per heavy atom. The van der Waals surface area contributed by atoms with Crippen molar-refractivity contribution in [3.63, 3.8) is 0 Å². The van der Waals surface area contributed by atoms with Crippen LogP contribution in [0.15, 0.2) is 176 Å². The minimum atomic E-state index is -2.60. The van der Waals surface area contributed by atoms with Crippen molar-refractivity contribution >= 4 is 37.4 Å². The van der Waals surface area contributed by atoms with Gasteiger partial charge >= 0.3 is 8.60 Å². The normalized spacial score (nSPS) is 11.1. The third-order valence-corrected chi connectivity index (χ3v) is 12.8. The number of benzene rings is 6. The zero-order valence-corrected chi connectivity index (χ0v) is 24.3. The zero-order chi connectivity index (χ0) is 27.7. The summed E-state index contributed by atoms with van der Waals surface area (Å²) in [5.41, 5.74) is 0. The number of para-hydroxylation sites is 2. The number of hydrogen-bond acceptors (Lipinski definition) is 3. The summed E-state index contributed by atoms with van der Waals surface area (Å²) in [6, 6.07) is 60.3. The molecular formula is C36H29O3PSi. The molecule has 5 heteroatoms. The number of rotatable bonds is 10. The second kappa shape index (κ2) is 12.7. The SMILES string of the molecule is c1ccc(OP(Oc2ccccc2)Oc2ccc([Si](c3ccccc3)(c3ccccc3)c3ccccc3)cc2)cc1. The largest absolute Gasteiger partial charge is 0.530 e. The lowest BCUT2D eigenvalue weighted by atomic mass is 10.3. The zero-order valence-electron chi connectivity index (χ0n) is 22.4. The second-order valence-electron chi connectivity index (χ2n) is 9.50. The van der Waals surface area contributed by atoms with Gasteiger partial charge in [0, 0.05) is 0 Å². The molecule has 6 rings (SSSR count). The van der Waals surface area contributed by atoms with Crippen molar-refractivity contribution in [1.82, 2.24) is 0 Å². The molecule has 0 heterocycles. The van der Waals surface area contributed by atoms with Gasteiger partial charge in [-0.2, -0.15) is 0 Å². The van der Waals surface area contributed by atoms with Gasteiger partial charge in [-0.25, -0.2) is 0 Å².